The second kappa shape index (κ2) is 8.08. The molecule has 1 aliphatic rings. The van der Waals surface area contributed by atoms with Crippen LogP contribution in [0.4, 0.5) is 0 Å². The number of rotatable bonds is 7. The first kappa shape index (κ1) is 19.1. The summed E-state index contributed by atoms with van der Waals surface area (Å²) in [5.41, 5.74) is 0. The number of thioether (sulfide) groups is 1. The van der Waals surface area contributed by atoms with Crippen molar-refractivity contribution in [1.29, 1.82) is 0 Å². The highest BCUT2D eigenvalue weighted by molar-refractivity contribution is 8.03. The molecule has 0 bridgehead atoms. The monoisotopic (exact) mass is 371 g/mol. The van der Waals surface area contributed by atoms with Crippen molar-refractivity contribution in [1.82, 2.24) is 4.90 Å². The van der Waals surface area contributed by atoms with Gasteiger partial charge in [0.05, 0.1) is 18.4 Å². The standard InChI is InChI=1S/C13H23Cl2NO3SSi/c1-5-11(20-12(6-2)21(4,14)15)16-8-9(7-10(16)17)13(18)19-3/h9,11-12H,5-8H2,1-4H3. The third-order valence-corrected chi connectivity index (χ3v) is 10.9. The van der Waals surface area contributed by atoms with Crippen molar-refractivity contribution in [2.24, 2.45) is 5.92 Å². The van der Waals surface area contributed by atoms with E-state index >= 15 is 0 Å². The highest BCUT2D eigenvalue weighted by atomic mass is 35.7. The Morgan fingerprint density at radius 3 is 2.52 bits per heavy atom. The minimum Gasteiger partial charge on any atom is -0.469 e. The van der Waals surface area contributed by atoms with Crippen LogP contribution in [0.3, 0.4) is 0 Å². The van der Waals surface area contributed by atoms with Gasteiger partial charge in [0.2, 0.25) is 5.91 Å². The molecule has 0 aromatic heterocycles. The van der Waals surface area contributed by atoms with Gasteiger partial charge in [-0.2, -0.15) is 0 Å². The first-order valence-electron chi connectivity index (χ1n) is 7.15. The van der Waals surface area contributed by atoms with Gasteiger partial charge in [0, 0.05) is 17.8 Å². The largest absolute Gasteiger partial charge is 0.469 e. The van der Waals surface area contributed by atoms with Crippen molar-refractivity contribution in [2.45, 2.75) is 49.9 Å². The van der Waals surface area contributed by atoms with E-state index in [0.29, 0.717) is 6.54 Å². The van der Waals surface area contributed by atoms with Gasteiger partial charge in [0.25, 0.3) is 6.69 Å². The number of ether oxygens (including phenoxy) is 1. The molecule has 3 atom stereocenters. The van der Waals surface area contributed by atoms with E-state index in [9.17, 15) is 9.59 Å². The Bertz CT molecular complexity index is 392. The van der Waals surface area contributed by atoms with Crippen molar-refractivity contribution in [3.8, 4) is 0 Å². The predicted molar refractivity (Wildman–Crippen MR) is 90.9 cm³/mol. The fourth-order valence-corrected chi connectivity index (χ4v) is 7.60. The van der Waals surface area contributed by atoms with Gasteiger partial charge < -0.3 is 9.64 Å². The molecule has 0 aromatic carbocycles. The fraction of sp³-hybridized carbons (Fsp3) is 0.846. The van der Waals surface area contributed by atoms with Crippen molar-refractivity contribution in [3.63, 3.8) is 0 Å². The zero-order valence-electron chi connectivity index (χ0n) is 12.9. The first-order valence-corrected chi connectivity index (χ1v) is 12.7. The molecule has 8 heteroatoms. The molecule has 0 spiro atoms. The minimum atomic E-state index is -2.31. The maximum Gasteiger partial charge on any atom is 0.310 e. The van der Waals surface area contributed by atoms with Crippen molar-refractivity contribution < 1.29 is 14.3 Å². The topological polar surface area (TPSA) is 46.6 Å². The lowest BCUT2D eigenvalue weighted by molar-refractivity contribution is -0.145. The summed E-state index contributed by atoms with van der Waals surface area (Å²) < 4.78 is 4.74. The lowest BCUT2D eigenvalue weighted by Crippen LogP contribution is -2.39. The molecule has 1 amide bonds. The molecular weight excluding hydrogens is 349 g/mol. The molecule has 21 heavy (non-hydrogen) atoms. The predicted octanol–water partition coefficient (Wildman–Crippen LogP) is 3.34. The Balaban J connectivity index is 2.76. The smallest absolute Gasteiger partial charge is 0.310 e. The molecule has 0 radical (unpaired) electrons. The van der Waals surface area contributed by atoms with Gasteiger partial charge in [-0.3, -0.25) is 9.59 Å². The van der Waals surface area contributed by atoms with Crippen molar-refractivity contribution >= 4 is 52.5 Å². The molecule has 1 heterocycles. The van der Waals surface area contributed by atoms with Crippen LogP contribution in [-0.4, -0.2) is 47.4 Å². The van der Waals surface area contributed by atoms with Crippen LogP contribution < -0.4 is 0 Å². The number of carbonyl (C=O) groups excluding carboxylic acids is 2. The summed E-state index contributed by atoms with van der Waals surface area (Å²) in [5, 5.41) is 0.0152. The number of hydrogen-bond donors (Lipinski definition) is 0. The Labute approximate surface area is 141 Å². The van der Waals surface area contributed by atoms with Crippen LogP contribution in [-0.2, 0) is 14.3 Å². The molecular formula is C13H23Cl2NO3SSi. The average Bonchev–Trinajstić information content (AvgIpc) is 2.80. The number of methoxy groups -OCH3 is 1. The van der Waals surface area contributed by atoms with Gasteiger partial charge in [-0.05, 0) is 19.4 Å². The maximum absolute atomic E-state index is 12.2. The van der Waals surface area contributed by atoms with Crippen molar-refractivity contribution in [3.05, 3.63) is 0 Å². The van der Waals surface area contributed by atoms with E-state index in [1.165, 1.54) is 7.11 Å². The van der Waals surface area contributed by atoms with Gasteiger partial charge in [-0.1, -0.05) is 13.8 Å². The Morgan fingerprint density at radius 2 is 2.10 bits per heavy atom. The van der Waals surface area contributed by atoms with Gasteiger partial charge >= 0.3 is 5.97 Å². The highest BCUT2D eigenvalue weighted by Gasteiger charge is 2.41. The second-order valence-electron chi connectivity index (χ2n) is 5.32. The third kappa shape index (κ3) is 5.05. The van der Waals surface area contributed by atoms with E-state index in [-0.39, 0.29) is 34.5 Å². The lowest BCUT2D eigenvalue weighted by Gasteiger charge is -2.32. The molecule has 1 aliphatic heterocycles. The number of halogens is 2. The zero-order valence-corrected chi connectivity index (χ0v) is 16.2. The molecule has 0 saturated carbocycles. The number of carbonyl (C=O) groups is 2. The second-order valence-corrected chi connectivity index (χ2v) is 15.0. The quantitative estimate of drug-likeness (QED) is 0.391. The van der Waals surface area contributed by atoms with Crippen LogP contribution in [0.2, 0.25) is 6.55 Å². The normalized spacial score (nSPS) is 22.3. The number of likely N-dealkylation sites (tertiary alicyclic amines) is 1. The number of hydrogen-bond acceptors (Lipinski definition) is 4. The van der Waals surface area contributed by atoms with E-state index < -0.39 is 6.69 Å². The fourth-order valence-electron chi connectivity index (χ4n) is 2.49. The zero-order chi connectivity index (χ0) is 16.2. The van der Waals surface area contributed by atoms with E-state index in [1.54, 1.807) is 16.7 Å². The van der Waals surface area contributed by atoms with E-state index in [1.807, 2.05) is 13.5 Å². The summed E-state index contributed by atoms with van der Waals surface area (Å²) in [6.45, 7) is 4.12. The average molecular weight is 372 g/mol. The molecule has 122 valence electrons. The van der Waals surface area contributed by atoms with Gasteiger partial charge in [-0.15, -0.1) is 33.9 Å². The molecule has 0 aliphatic carbocycles. The highest BCUT2D eigenvalue weighted by Crippen LogP contribution is 2.37. The Hall–Kier alpha value is 0.0869. The number of esters is 1. The molecule has 0 aromatic rings. The SMILES string of the molecule is CCC(SC(CC)[Si](C)(Cl)Cl)N1CC(C(=O)OC)CC1=O. The molecule has 0 N–H and O–H groups in total. The summed E-state index contributed by atoms with van der Waals surface area (Å²) >= 11 is 14.4. The van der Waals surface area contributed by atoms with E-state index in [2.05, 4.69) is 6.92 Å². The van der Waals surface area contributed by atoms with Crippen LogP contribution >= 0.6 is 33.9 Å². The van der Waals surface area contributed by atoms with Gasteiger partial charge in [0.15, 0.2) is 0 Å². The van der Waals surface area contributed by atoms with Crippen LogP contribution in [0.15, 0.2) is 0 Å². The number of amides is 1. The molecule has 1 fully saturated rings. The molecule has 4 nitrogen and oxygen atoms in total. The van der Waals surface area contributed by atoms with Gasteiger partial charge in [0.1, 0.15) is 0 Å². The summed E-state index contributed by atoms with van der Waals surface area (Å²) in [5.74, 6) is -0.661. The lowest BCUT2D eigenvalue weighted by atomic mass is 10.1. The maximum atomic E-state index is 12.2. The summed E-state index contributed by atoms with van der Waals surface area (Å²) in [6.07, 6.45) is 1.91. The van der Waals surface area contributed by atoms with Gasteiger partial charge in [-0.25, -0.2) is 0 Å². The minimum absolute atomic E-state index is 0.00659. The van der Waals surface area contributed by atoms with Crippen LogP contribution in [0.5, 0.6) is 0 Å². The molecule has 1 rings (SSSR count). The summed E-state index contributed by atoms with van der Waals surface area (Å²) in [6, 6.07) is 0. The Morgan fingerprint density at radius 1 is 1.48 bits per heavy atom. The first-order chi connectivity index (χ1) is 9.74. The van der Waals surface area contributed by atoms with Crippen molar-refractivity contribution in [2.75, 3.05) is 13.7 Å². The van der Waals surface area contributed by atoms with Crippen LogP contribution in [0, 0.1) is 5.92 Å². The summed E-state index contributed by atoms with van der Waals surface area (Å²) in [4.78, 5) is 25.7. The third-order valence-electron chi connectivity index (χ3n) is 3.65. The van der Waals surface area contributed by atoms with Crippen LogP contribution in [0.25, 0.3) is 0 Å². The van der Waals surface area contributed by atoms with E-state index in [4.69, 9.17) is 26.9 Å². The number of nitrogens with zero attached hydrogens (tertiary/aromatic N) is 1. The summed E-state index contributed by atoms with van der Waals surface area (Å²) in [7, 11) is 1.35. The van der Waals surface area contributed by atoms with E-state index in [0.717, 1.165) is 12.8 Å². The Kier molecular flexibility index (Phi) is 7.37. The molecule has 3 unspecified atom stereocenters. The van der Waals surface area contributed by atoms with Crippen LogP contribution in [0.1, 0.15) is 33.1 Å². The molecule has 1 saturated heterocycles.